The fraction of sp³-hybridized carbons (Fsp3) is 0.409. The number of sulfone groups is 1. The number of hydrogen-bond donors (Lipinski definition) is 2. The van der Waals surface area contributed by atoms with Crippen LogP contribution in [-0.2, 0) is 21.1 Å². The molecule has 160 valence electrons. The Morgan fingerprint density at radius 2 is 1.93 bits per heavy atom. The van der Waals surface area contributed by atoms with Crippen LogP contribution in [0.1, 0.15) is 39.2 Å². The molecule has 1 rings (SSSR count). The second kappa shape index (κ2) is 12.1. The molecule has 1 aromatic carbocycles. The van der Waals surface area contributed by atoms with Gasteiger partial charge in [-0.1, -0.05) is 23.3 Å². The number of benzene rings is 1. The van der Waals surface area contributed by atoms with E-state index in [9.17, 15) is 18.3 Å². The van der Waals surface area contributed by atoms with Crippen LogP contribution < -0.4 is 10.1 Å². The fourth-order valence-corrected chi connectivity index (χ4v) is 2.75. The van der Waals surface area contributed by atoms with E-state index in [4.69, 9.17) is 4.74 Å². The number of carbonyl (C=O) groups excluding carboxylic acids is 1. The minimum atomic E-state index is -3.32. The van der Waals surface area contributed by atoms with Gasteiger partial charge >= 0.3 is 0 Å². The maximum Gasteiger partial charge on any atom is 0.244 e. The van der Waals surface area contributed by atoms with Crippen LogP contribution in [0.25, 0.3) is 0 Å². The summed E-state index contributed by atoms with van der Waals surface area (Å²) in [5.41, 5.74) is 3.37. The number of carbonyl (C=O) groups is 1. The van der Waals surface area contributed by atoms with Crippen LogP contribution in [0, 0.1) is 0 Å². The van der Waals surface area contributed by atoms with Crippen LogP contribution in [0.5, 0.6) is 11.5 Å². The van der Waals surface area contributed by atoms with Crippen molar-refractivity contribution in [3.63, 3.8) is 0 Å². The standard InChI is InChI=1S/C22H31NO5S/c1-17(2)6-5-7-18(3)11-14-28-21-9-8-19(16-20(21)24)10-13-23-22(25)12-15-29(4,26)27/h6,8-9,11-12,15-16,24H,5,7,10,13-14H2,1-4H3,(H,23,25)/b15-12+,18-11+. The normalized spacial score (nSPS) is 12.1. The van der Waals surface area contributed by atoms with E-state index in [1.165, 1.54) is 11.1 Å². The van der Waals surface area contributed by atoms with Crippen molar-refractivity contribution in [3.05, 3.63) is 58.5 Å². The molecule has 0 radical (unpaired) electrons. The van der Waals surface area contributed by atoms with Gasteiger partial charge in [0, 0.05) is 24.3 Å². The van der Waals surface area contributed by atoms with Crippen LogP contribution in [0.4, 0.5) is 0 Å². The van der Waals surface area contributed by atoms with Crippen LogP contribution in [0.2, 0.25) is 0 Å². The third-order valence-corrected chi connectivity index (χ3v) is 4.60. The molecule has 6 nitrogen and oxygen atoms in total. The second-order valence-electron chi connectivity index (χ2n) is 7.16. The average molecular weight is 422 g/mol. The van der Waals surface area contributed by atoms with Crippen LogP contribution in [0.15, 0.2) is 53.0 Å². The van der Waals surface area contributed by atoms with Crippen molar-refractivity contribution >= 4 is 15.7 Å². The molecule has 0 fully saturated rings. The van der Waals surface area contributed by atoms with Crippen molar-refractivity contribution in [1.29, 1.82) is 0 Å². The number of amides is 1. The Morgan fingerprint density at radius 1 is 1.21 bits per heavy atom. The second-order valence-corrected chi connectivity index (χ2v) is 9.09. The fourth-order valence-electron chi connectivity index (χ4n) is 2.38. The van der Waals surface area contributed by atoms with Gasteiger partial charge in [-0.05, 0) is 63.8 Å². The molecule has 0 spiro atoms. The first kappa shape index (κ1) is 24.5. The quantitative estimate of drug-likeness (QED) is 0.420. The molecule has 1 aromatic rings. The first-order valence-corrected chi connectivity index (χ1v) is 11.4. The highest BCUT2D eigenvalue weighted by molar-refractivity contribution is 7.93. The summed E-state index contributed by atoms with van der Waals surface area (Å²) in [6.07, 6.45) is 8.69. The van der Waals surface area contributed by atoms with E-state index in [1.54, 1.807) is 12.1 Å². The van der Waals surface area contributed by atoms with E-state index in [1.807, 2.05) is 12.1 Å². The Balaban J connectivity index is 2.46. The zero-order chi connectivity index (χ0) is 21.9. The molecule has 0 saturated carbocycles. The summed E-state index contributed by atoms with van der Waals surface area (Å²) in [4.78, 5) is 11.5. The van der Waals surface area contributed by atoms with Gasteiger partial charge in [0.2, 0.25) is 5.91 Å². The lowest BCUT2D eigenvalue weighted by atomic mass is 10.1. The highest BCUT2D eigenvalue weighted by Gasteiger charge is 2.05. The number of allylic oxidation sites excluding steroid dienone is 3. The largest absolute Gasteiger partial charge is 0.504 e. The van der Waals surface area contributed by atoms with Gasteiger partial charge in [0.05, 0.1) is 0 Å². The van der Waals surface area contributed by atoms with E-state index in [0.717, 1.165) is 36.1 Å². The van der Waals surface area contributed by atoms with Crippen LogP contribution in [-0.4, -0.2) is 38.8 Å². The third-order valence-electron chi connectivity index (χ3n) is 3.96. The first-order chi connectivity index (χ1) is 13.6. The number of aromatic hydroxyl groups is 1. The summed E-state index contributed by atoms with van der Waals surface area (Å²) in [6.45, 7) is 6.93. The monoisotopic (exact) mass is 421 g/mol. The summed E-state index contributed by atoms with van der Waals surface area (Å²) < 4.78 is 27.6. The lowest BCUT2D eigenvalue weighted by molar-refractivity contribution is -0.116. The van der Waals surface area contributed by atoms with Gasteiger partial charge in [-0.2, -0.15) is 0 Å². The van der Waals surface area contributed by atoms with Gasteiger partial charge in [-0.3, -0.25) is 4.79 Å². The van der Waals surface area contributed by atoms with E-state index in [-0.39, 0.29) is 5.75 Å². The first-order valence-electron chi connectivity index (χ1n) is 9.46. The Kier molecular flexibility index (Phi) is 10.2. The molecule has 7 heteroatoms. The third kappa shape index (κ3) is 11.8. The summed E-state index contributed by atoms with van der Waals surface area (Å²) in [5.74, 6) is -0.0324. The molecule has 0 aliphatic heterocycles. The Morgan fingerprint density at radius 3 is 2.55 bits per heavy atom. The van der Waals surface area contributed by atoms with Gasteiger partial charge < -0.3 is 15.2 Å². The van der Waals surface area contributed by atoms with E-state index < -0.39 is 15.7 Å². The molecule has 29 heavy (non-hydrogen) atoms. The highest BCUT2D eigenvalue weighted by Crippen LogP contribution is 2.27. The highest BCUT2D eigenvalue weighted by atomic mass is 32.2. The summed E-state index contributed by atoms with van der Waals surface area (Å²) in [5, 5.41) is 13.6. The van der Waals surface area contributed by atoms with Crippen molar-refractivity contribution in [1.82, 2.24) is 5.32 Å². The Bertz CT molecular complexity index is 878. The molecule has 1 amide bonds. The van der Waals surface area contributed by atoms with Crippen LogP contribution in [0.3, 0.4) is 0 Å². The number of phenols is 1. The molecule has 2 N–H and O–H groups in total. The molecule has 0 atom stereocenters. The molecular formula is C22H31NO5S. The van der Waals surface area contributed by atoms with E-state index in [0.29, 0.717) is 25.3 Å². The minimum Gasteiger partial charge on any atom is -0.504 e. The molecule has 0 aromatic heterocycles. The maximum absolute atomic E-state index is 11.5. The summed E-state index contributed by atoms with van der Waals surface area (Å²) in [6, 6.07) is 5.11. The summed E-state index contributed by atoms with van der Waals surface area (Å²) in [7, 11) is -3.32. The van der Waals surface area contributed by atoms with Crippen LogP contribution >= 0.6 is 0 Å². The van der Waals surface area contributed by atoms with Crippen molar-refractivity contribution < 1.29 is 23.1 Å². The van der Waals surface area contributed by atoms with Gasteiger partial charge in [0.1, 0.15) is 6.61 Å². The zero-order valence-corrected chi connectivity index (χ0v) is 18.4. The minimum absolute atomic E-state index is 0.0430. The summed E-state index contributed by atoms with van der Waals surface area (Å²) >= 11 is 0. The molecular weight excluding hydrogens is 390 g/mol. The molecule has 0 aliphatic rings. The predicted octanol–water partition coefficient (Wildman–Crippen LogP) is 3.68. The topological polar surface area (TPSA) is 92.7 Å². The number of nitrogens with one attached hydrogen (secondary N) is 1. The van der Waals surface area contributed by atoms with Gasteiger partial charge in [0.15, 0.2) is 21.3 Å². The van der Waals surface area contributed by atoms with Crippen molar-refractivity contribution in [3.8, 4) is 11.5 Å². The number of ether oxygens (including phenoxy) is 1. The SMILES string of the molecule is CC(C)=CCC/C(C)=C/COc1ccc(CCNC(=O)/C=C/S(C)(=O)=O)cc1O. The molecule has 0 bridgehead atoms. The zero-order valence-electron chi connectivity index (χ0n) is 17.6. The van der Waals surface area contributed by atoms with E-state index in [2.05, 4.69) is 32.2 Å². The maximum atomic E-state index is 11.5. The average Bonchev–Trinajstić information content (AvgIpc) is 2.61. The van der Waals surface area contributed by atoms with E-state index >= 15 is 0 Å². The number of phenolic OH excluding ortho intramolecular Hbond substituents is 1. The molecule has 0 unspecified atom stereocenters. The molecule has 0 heterocycles. The van der Waals surface area contributed by atoms with Crippen molar-refractivity contribution in [2.24, 2.45) is 0 Å². The lowest BCUT2D eigenvalue weighted by Crippen LogP contribution is -2.23. The predicted molar refractivity (Wildman–Crippen MR) is 117 cm³/mol. The molecule has 0 saturated heterocycles. The van der Waals surface area contributed by atoms with Gasteiger partial charge in [0.25, 0.3) is 0 Å². The lowest BCUT2D eigenvalue weighted by Gasteiger charge is -2.09. The Labute approximate surface area is 173 Å². The number of rotatable bonds is 11. The smallest absolute Gasteiger partial charge is 0.244 e. The van der Waals surface area contributed by atoms with Gasteiger partial charge in [-0.15, -0.1) is 0 Å². The van der Waals surface area contributed by atoms with Crippen molar-refractivity contribution in [2.75, 3.05) is 19.4 Å². The van der Waals surface area contributed by atoms with Crippen molar-refractivity contribution in [2.45, 2.75) is 40.0 Å². The van der Waals surface area contributed by atoms with Gasteiger partial charge in [-0.25, -0.2) is 8.42 Å². The Hall–Kier alpha value is -2.54. The molecule has 0 aliphatic carbocycles. The number of hydrogen-bond acceptors (Lipinski definition) is 5.